The van der Waals surface area contributed by atoms with Gasteiger partial charge in [-0.05, 0) is 92.7 Å². The second kappa shape index (κ2) is 13.0. The molecular weight excluding hydrogens is 641 g/mol. The standard InChI is InChI=1S/C48H38S2/c1-3-11-31-25-35(29-37(27-31)39-15-9-17-43-41-13-5-7-19-45(41)49-47(39)43)33-21-23-34(24-22-33)36-26-32(12-4-2)28-38(30-36)40-16-10-18-44-42-14-6-8-20-46(42)50-48(40)44/h5-10,13-30H,3-4,11-12H2,1-2H3. The highest BCUT2D eigenvalue weighted by Gasteiger charge is 2.15. The number of hydrogen-bond acceptors (Lipinski definition) is 2. The van der Waals surface area contributed by atoms with Crippen LogP contribution in [0.25, 0.3) is 84.9 Å². The van der Waals surface area contributed by atoms with Crippen molar-refractivity contribution in [1.29, 1.82) is 0 Å². The molecule has 0 unspecified atom stereocenters. The largest absolute Gasteiger partial charge is 0.135 e. The van der Waals surface area contributed by atoms with Gasteiger partial charge in [-0.3, -0.25) is 0 Å². The molecule has 0 nitrogen and oxygen atoms in total. The quantitative estimate of drug-likeness (QED) is 0.150. The summed E-state index contributed by atoms with van der Waals surface area (Å²) in [4.78, 5) is 0. The fourth-order valence-electron chi connectivity index (χ4n) is 7.70. The van der Waals surface area contributed by atoms with E-state index >= 15 is 0 Å². The van der Waals surface area contributed by atoms with Crippen LogP contribution < -0.4 is 0 Å². The topological polar surface area (TPSA) is 0 Å². The summed E-state index contributed by atoms with van der Waals surface area (Å²) < 4.78 is 5.44. The van der Waals surface area contributed by atoms with Crippen LogP contribution in [0.4, 0.5) is 0 Å². The Bertz CT molecular complexity index is 2480. The second-order valence-corrected chi connectivity index (χ2v) is 15.6. The Hall–Kier alpha value is -5.02. The van der Waals surface area contributed by atoms with Gasteiger partial charge in [-0.25, -0.2) is 0 Å². The number of benzene rings is 7. The molecule has 9 aromatic rings. The monoisotopic (exact) mass is 678 g/mol. The van der Waals surface area contributed by atoms with Crippen molar-refractivity contribution < 1.29 is 0 Å². The Balaban J connectivity index is 1.12. The zero-order chi connectivity index (χ0) is 33.6. The molecule has 0 aliphatic carbocycles. The van der Waals surface area contributed by atoms with Gasteiger partial charge in [-0.2, -0.15) is 0 Å². The van der Waals surface area contributed by atoms with E-state index < -0.39 is 0 Å². The minimum Gasteiger partial charge on any atom is -0.135 e. The fourth-order valence-corrected chi connectivity index (χ4v) is 10.2. The van der Waals surface area contributed by atoms with Crippen LogP contribution in [-0.2, 0) is 12.8 Å². The number of fused-ring (bicyclic) bond motifs is 6. The van der Waals surface area contributed by atoms with Gasteiger partial charge in [0.05, 0.1) is 0 Å². The molecule has 0 amide bonds. The molecule has 0 aliphatic rings. The highest BCUT2D eigenvalue weighted by Crippen LogP contribution is 2.43. The molecule has 0 atom stereocenters. The Kier molecular flexibility index (Phi) is 8.07. The van der Waals surface area contributed by atoms with Crippen LogP contribution in [0, 0.1) is 0 Å². The Morgan fingerprint density at radius 2 is 0.760 bits per heavy atom. The molecule has 242 valence electrons. The SMILES string of the molecule is CCCc1cc(-c2ccc(-c3cc(CCC)cc(-c4cccc5c4sc4ccccc45)c3)cc2)cc(-c2cccc3c2sc2ccccc23)c1. The molecule has 2 aromatic heterocycles. The first-order valence-corrected chi connectivity index (χ1v) is 19.5. The first-order valence-electron chi connectivity index (χ1n) is 17.9. The van der Waals surface area contributed by atoms with Gasteiger partial charge in [0.25, 0.3) is 0 Å². The molecule has 0 aliphatic heterocycles. The first-order chi connectivity index (χ1) is 24.7. The van der Waals surface area contributed by atoms with E-state index in [4.69, 9.17) is 0 Å². The third kappa shape index (κ3) is 5.54. The lowest BCUT2D eigenvalue weighted by Gasteiger charge is -2.13. The molecule has 7 aromatic carbocycles. The van der Waals surface area contributed by atoms with Gasteiger partial charge in [0.15, 0.2) is 0 Å². The van der Waals surface area contributed by atoms with E-state index in [1.165, 1.54) is 96.0 Å². The van der Waals surface area contributed by atoms with Crippen molar-refractivity contribution in [2.24, 2.45) is 0 Å². The van der Waals surface area contributed by atoms with Crippen LogP contribution in [0.3, 0.4) is 0 Å². The van der Waals surface area contributed by atoms with Crippen LogP contribution in [0.1, 0.15) is 37.8 Å². The van der Waals surface area contributed by atoms with Crippen LogP contribution in [0.2, 0.25) is 0 Å². The Labute approximate surface area is 302 Å². The summed E-state index contributed by atoms with van der Waals surface area (Å²) in [7, 11) is 0. The summed E-state index contributed by atoms with van der Waals surface area (Å²) in [6.45, 7) is 4.55. The van der Waals surface area contributed by atoms with Gasteiger partial charge < -0.3 is 0 Å². The number of rotatable bonds is 8. The van der Waals surface area contributed by atoms with Crippen molar-refractivity contribution in [2.75, 3.05) is 0 Å². The van der Waals surface area contributed by atoms with E-state index in [0.717, 1.165) is 25.7 Å². The fraction of sp³-hybridized carbons (Fsp3) is 0.125. The molecule has 50 heavy (non-hydrogen) atoms. The second-order valence-electron chi connectivity index (χ2n) is 13.5. The van der Waals surface area contributed by atoms with Gasteiger partial charge in [0, 0.05) is 40.3 Å². The molecule has 0 saturated heterocycles. The van der Waals surface area contributed by atoms with Gasteiger partial charge in [-0.1, -0.05) is 148 Å². The van der Waals surface area contributed by atoms with Crippen LogP contribution in [0.5, 0.6) is 0 Å². The van der Waals surface area contributed by atoms with Gasteiger partial charge >= 0.3 is 0 Å². The summed E-state index contributed by atoms with van der Waals surface area (Å²) in [5.41, 5.74) is 13.2. The molecule has 2 heteroatoms. The predicted molar refractivity (Wildman–Crippen MR) is 222 cm³/mol. The highest BCUT2D eigenvalue weighted by molar-refractivity contribution is 7.26. The van der Waals surface area contributed by atoms with Crippen molar-refractivity contribution in [3.05, 3.63) is 157 Å². The molecule has 0 fully saturated rings. The van der Waals surface area contributed by atoms with E-state index in [2.05, 4.69) is 159 Å². The van der Waals surface area contributed by atoms with Crippen molar-refractivity contribution >= 4 is 63.0 Å². The Morgan fingerprint density at radius 1 is 0.360 bits per heavy atom. The molecule has 0 saturated carbocycles. The van der Waals surface area contributed by atoms with Crippen LogP contribution in [0.15, 0.2) is 146 Å². The lowest BCUT2D eigenvalue weighted by Crippen LogP contribution is -1.91. The molecule has 0 N–H and O–H groups in total. The summed E-state index contributed by atoms with van der Waals surface area (Å²) >= 11 is 3.82. The minimum atomic E-state index is 1.07. The highest BCUT2D eigenvalue weighted by atomic mass is 32.1. The summed E-state index contributed by atoms with van der Waals surface area (Å²) in [5, 5.41) is 5.40. The van der Waals surface area contributed by atoms with E-state index in [0.29, 0.717) is 0 Å². The van der Waals surface area contributed by atoms with Crippen molar-refractivity contribution in [1.82, 2.24) is 0 Å². The van der Waals surface area contributed by atoms with E-state index in [1.54, 1.807) is 0 Å². The smallest absolute Gasteiger partial charge is 0.0433 e. The summed E-state index contributed by atoms with van der Waals surface area (Å²) in [5.74, 6) is 0. The van der Waals surface area contributed by atoms with Crippen LogP contribution in [-0.4, -0.2) is 0 Å². The number of hydrogen-bond donors (Lipinski definition) is 0. The normalized spacial score (nSPS) is 11.7. The molecule has 0 bridgehead atoms. The lowest BCUT2D eigenvalue weighted by atomic mass is 9.91. The molecule has 2 heterocycles. The van der Waals surface area contributed by atoms with E-state index in [9.17, 15) is 0 Å². The van der Waals surface area contributed by atoms with Gasteiger partial charge in [0.1, 0.15) is 0 Å². The molecule has 9 rings (SSSR count). The maximum atomic E-state index is 2.42. The third-order valence-corrected chi connectivity index (χ3v) is 12.5. The van der Waals surface area contributed by atoms with Crippen molar-refractivity contribution in [3.8, 4) is 44.5 Å². The average molecular weight is 679 g/mol. The molecular formula is C48H38S2. The maximum Gasteiger partial charge on any atom is 0.0433 e. The number of thiophene rings is 2. The zero-order valence-electron chi connectivity index (χ0n) is 28.5. The molecule has 0 radical (unpaired) electrons. The number of aryl methyl sites for hydroxylation is 2. The summed E-state index contributed by atoms with van der Waals surface area (Å²) in [6.07, 6.45) is 4.39. The van der Waals surface area contributed by atoms with Crippen molar-refractivity contribution in [3.63, 3.8) is 0 Å². The van der Waals surface area contributed by atoms with Crippen molar-refractivity contribution in [2.45, 2.75) is 39.5 Å². The van der Waals surface area contributed by atoms with E-state index in [1.807, 2.05) is 22.7 Å². The van der Waals surface area contributed by atoms with E-state index in [-0.39, 0.29) is 0 Å². The predicted octanol–water partition coefficient (Wildman–Crippen LogP) is 15.0. The maximum absolute atomic E-state index is 2.42. The minimum absolute atomic E-state index is 1.07. The lowest BCUT2D eigenvalue weighted by molar-refractivity contribution is 0.922. The Morgan fingerprint density at radius 3 is 1.20 bits per heavy atom. The first kappa shape index (κ1) is 31.0. The summed E-state index contributed by atoms with van der Waals surface area (Å²) in [6, 6.07) is 54.9. The van der Waals surface area contributed by atoms with Crippen LogP contribution >= 0.6 is 22.7 Å². The average Bonchev–Trinajstić information content (AvgIpc) is 3.74. The third-order valence-electron chi connectivity index (χ3n) is 10.0. The van der Waals surface area contributed by atoms with Gasteiger partial charge in [0.2, 0.25) is 0 Å². The molecule has 0 spiro atoms. The zero-order valence-corrected chi connectivity index (χ0v) is 30.1. The van der Waals surface area contributed by atoms with Gasteiger partial charge in [-0.15, -0.1) is 22.7 Å².